The molecule has 130 valence electrons. The summed E-state index contributed by atoms with van der Waals surface area (Å²) in [5, 5.41) is 0. The van der Waals surface area contributed by atoms with Crippen LogP contribution >= 0.6 is 0 Å². The average Bonchev–Trinajstić information content (AvgIpc) is 2.58. The number of methoxy groups -OCH3 is 1. The predicted molar refractivity (Wildman–Crippen MR) is 95.4 cm³/mol. The summed E-state index contributed by atoms with van der Waals surface area (Å²) in [6, 6.07) is 14.6. The van der Waals surface area contributed by atoms with E-state index >= 15 is 0 Å². The van der Waals surface area contributed by atoms with Crippen molar-refractivity contribution in [2.75, 3.05) is 20.2 Å². The zero-order chi connectivity index (χ0) is 17.6. The van der Waals surface area contributed by atoms with Crippen molar-refractivity contribution in [1.29, 1.82) is 0 Å². The summed E-state index contributed by atoms with van der Waals surface area (Å²) in [7, 11) is -2.04. The van der Waals surface area contributed by atoms with E-state index < -0.39 is 10.0 Å². The van der Waals surface area contributed by atoms with Crippen molar-refractivity contribution < 1.29 is 13.2 Å². The maximum absolute atomic E-state index is 13.1. The molecule has 2 aromatic carbocycles. The molecule has 0 heterocycles. The van der Waals surface area contributed by atoms with E-state index in [9.17, 15) is 8.42 Å². The highest BCUT2D eigenvalue weighted by molar-refractivity contribution is 7.89. The molecular formula is C18H24N2O3S. The number of nitrogens with two attached hydrogens (primary N) is 1. The number of nitrogens with zero attached hydrogens (tertiary/aromatic N) is 1. The van der Waals surface area contributed by atoms with Gasteiger partial charge in [-0.3, -0.25) is 0 Å². The summed E-state index contributed by atoms with van der Waals surface area (Å²) >= 11 is 0. The van der Waals surface area contributed by atoms with Gasteiger partial charge in [-0.1, -0.05) is 30.3 Å². The second kappa shape index (κ2) is 8.28. The first-order valence-electron chi connectivity index (χ1n) is 7.88. The highest BCUT2D eigenvalue weighted by atomic mass is 32.2. The number of sulfonamides is 1. The van der Waals surface area contributed by atoms with Crippen LogP contribution in [0.1, 0.15) is 17.5 Å². The maximum atomic E-state index is 13.1. The molecule has 0 aliphatic heterocycles. The van der Waals surface area contributed by atoms with Crippen LogP contribution < -0.4 is 10.5 Å². The van der Waals surface area contributed by atoms with Crippen LogP contribution in [0.15, 0.2) is 53.4 Å². The molecule has 2 N–H and O–H groups in total. The second-order valence-corrected chi connectivity index (χ2v) is 7.50. The number of hydrogen-bond donors (Lipinski definition) is 1. The van der Waals surface area contributed by atoms with Gasteiger partial charge in [0.2, 0.25) is 10.0 Å². The molecular weight excluding hydrogens is 324 g/mol. The van der Waals surface area contributed by atoms with Gasteiger partial charge in [-0.15, -0.1) is 0 Å². The smallest absolute Gasteiger partial charge is 0.243 e. The highest BCUT2D eigenvalue weighted by Crippen LogP contribution is 2.25. The van der Waals surface area contributed by atoms with Gasteiger partial charge in [0.15, 0.2) is 0 Å². The fraction of sp³-hybridized carbons (Fsp3) is 0.333. The topological polar surface area (TPSA) is 72.6 Å². The normalized spacial score (nSPS) is 11.7. The van der Waals surface area contributed by atoms with E-state index in [4.69, 9.17) is 10.5 Å². The van der Waals surface area contributed by atoms with E-state index in [0.717, 1.165) is 5.56 Å². The van der Waals surface area contributed by atoms with Crippen LogP contribution in [0, 0.1) is 6.92 Å². The zero-order valence-corrected chi connectivity index (χ0v) is 14.9. The molecule has 2 aromatic rings. The molecule has 0 aliphatic rings. The lowest BCUT2D eigenvalue weighted by Gasteiger charge is -2.23. The third kappa shape index (κ3) is 4.35. The van der Waals surface area contributed by atoms with Crippen LogP contribution in [0.5, 0.6) is 5.75 Å². The SMILES string of the molecule is COc1ccc(S(=O)(=O)N(CCCN)Cc2ccccc2)c(C)c1. The summed E-state index contributed by atoms with van der Waals surface area (Å²) in [5.41, 5.74) is 7.20. The Labute approximate surface area is 144 Å². The fourth-order valence-corrected chi connectivity index (χ4v) is 4.19. The van der Waals surface area contributed by atoms with Gasteiger partial charge >= 0.3 is 0 Å². The van der Waals surface area contributed by atoms with E-state index in [1.165, 1.54) is 4.31 Å². The molecule has 0 atom stereocenters. The lowest BCUT2D eigenvalue weighted by atomic mass is 10.2. The van der Waals surface area contributed by atoms with Gasteiger partial charge in [0.05, 0.1) is 12.0 Å². The fourth-order valence-electron chi connectivity index (χ4n) is 2.52. The first kappa shape index (κ1) is 18.4. The van der Waals surface area contributed by atoms with Gasteiger partial charge < -0.3 is 10.5 Å². The van der Waals surface area contributed by atoms with Gasteiger partial charge in [0, 0.05) is 13.1 Å². The van der Waals surface area contributed by atoms with Crippen LogP contribution in [0.25, 0.3) is 0 Å². The third-order valence-corrected chi connectivity index (χ3v) is 5.82. The molecule has 2 rings (SSSR count). The number of aryl methyl sites for hydroxylation is 1. The van der Waals surface area contributed by atoms with E-state index in [2.05, 4.69) is 0 Å². The van der Waals surface area contributed by atoms with Gasteiger partial charge in [0.25, 0.3) is 0 Å². The van der Waals surface area contributed by atoms with Gasteiger partial charge in [0.1, 0.15) is 5.75 Å². The number of hydrogen-bond acceptors (Lipinski definition) is 4. The van der Waals surface area contributed by atoms with E-state index in [1.807, 2.05) is 30.3 Å². The summed E-state index contributed by atoms with van der Waals surface area (Å²) in [5.74, 6) is 0.642. The predicted octanol–water partition coefficient (Wildman–Crippen LogP) is 2.54. The molecule has 0 fully saturated rings. The summed E-state index contributed by atoms with van der Waals surface area (Å²) in [4.78, 5) is 0.302. The Bertz CT molecular complexity index is 761. The molecule has 0 unspecified atom stereocenters. The minimum absolute atomic E-state index is 0.302. The van der Waals surface area contributed by atoms with Gasteiger partial charge in [-0.05, 0) is 49.2 Å². The number of benzene rings is 2. The Morgan fingerprint density at radius 1 is 1.12 bits per heavy atom. The number of ether oxygens (including phenoxy) is 1. The Morgan fingerprint density at radius 3 is 2.42 bits per heavy atom. The van der Waals surface area contributed by atoms with Crippen molar-refractivity contribution in [3.8, 4) is 5.75 Å². The Hall–Kier alpha value is -1.89. The van der Waals surface area contributed by atoms with Crippen LogP contribution in [0.4, 0.5) is 0 Å². The van der Waals surface area contributed by atoms with Crippen molar-refractivity contribution in [3.05, 3.63) is 59.7 Å². The largest absolute Gasteiger partial charge is 0.497 e. The minimum atomic E-state index is -3.60. The molecule has 0 bridgehead atoms. The molecule has 0 saturated carbocycles. The zero-order valence-electron chi connectivity index (χ0n) is 14.1. The highest BCUT2D eigenvalue weighted by Gasteiger charge is 2.26. The van der Waals surface area contributed by atoms with E-state index in [-0.39, 0.29) is 0 Å². The van der Waals surface area contributed by atoms with Crippen LogP contribution in [0.2, 0.25) is 0 Å². The van der Waals surface area contributed by atoms with Crippen LogP contribution in [0.3, 0.4) is 0 Å². The average molecular weight is 348 g/mol. The lowest BCUT2D eigenvalue weighted by molar-refractivity contribution is 0.400. The van der Waals surface area contributed by atoms with Crippen LogP contribution in [-0.2, 0) is 16.6 Å². The molecule has 24 heavy (non-hydrogen) atoms. The van der Waals surface area contributed by atoms with Crippen molar-refractivity contribution in [2.24, 2.45) is 5.73 Å². The Balaban J connectivity index is 2.36. The second-order valence-electron chi connectivity index (χ2n) is 5.60. The Kier molecular flexibility index (Phi) is 6.36. The molecule has 0 saturated heterocycles. The standard InChI is InChI=1S/C18H24N2O3S/c1-15-13-17(23-2)9-10-18(15)24(21,22)20(12-6-11-19)14-16-7-4-3-5-8-16/h3-5,7-10,13H,6,11-12,14,19H2,1-2H3. The van der Waals surface area contributed by atoms with Crippen molar-refractivity contribution in [3.63, 3.8) is 0 Å². The molecule has 6 heteroatoms. The first-order chi connectivity index (χ1) is 11.5. The molecule has 0 spiro atoms. The third-order valence-electron chi connectivity index (χ3n) is 3.81. The lowest BCUT2D eigenvalue weighted by Crippen LogP contribution is -2.33. The molecule has 0 aromatic heterocycles. The van der Waals surface area contributed by atoms with Crippen molar-refractivity contribution in [1.82, 2.24) is 4.31 Å². The molecule has 0 aliphatic carbocycles. The monoisotopic (exact) mass is 348 g/mol. The summed E-state index contributed by atoms with van der Waals surface area (Å²) in [6.45, 7) is 2.94. The maximum Gasteiger partial charge on any atom is 0.243 e. The molecule has 5 nitrogen and oxygen atoms in total. The minimum Gasteiger partial charge on any atom is -0.497 e. The van der Waals surface area contributed by atoms with Gasteiger partial charge in [-0.25, -0.2) is 8.42 Å². The quantitative estimate of drug-likeness (QED) is 0.796. The van der Waals surface area contributed by atoms with Crippen LogP contribution in [-0.4, -0.2) is 32.9 Å². The Morgan fingerprint density at radius 2 is 1.83 bits per heavy atom. The summed E-state index contributed by atoms with van der Waals surface area (Å²) < 4.78 is 32.9. The summed E-state index contributed by atoms with van der Waals surface area (Å²) in [6.07, 6.45) is 0.612. The van der Waals surface area contributed by atoms with Gasteiger partial charge in [-0.2, -0.15) is 4.31 Å². The first-order valence-corrected chi connectivity index (χ1v) is 9.32. The molecule has 0 amide bonds. The molecule has 0 radical (unpaired) electrons. The van der Waals surface area contributed by atoms with E-state index in [1.54, 1.807) is 32.2 Å². The van der Waals surface area contributed by atoms with Crippen molar-refractivity contribution in [2.45, 2.75) is 24.8 Å². The van der Waals surface area contributed by atoms with E-state index in [0.29, 0.717) is 42.3 Å². The number of rotatable bonds is 8. The van der Waals surface area contributed by atoms with Crippen molar-refractivity contribution >= 4 is 10.0 Å².